The van der Waals surface area contributed by atoms with Crippen molar-refractivity contribution in [1.29, 1.82) is 0 Å². The number of nitrogens with one attached hydrogen (secondary N) is 1. The number of ether oxygens (including phenoxy) is 3. The first kappa shape index (κ1) is 21.6. The van der Waals surface area contributed by atoms with Crippen molar-refractivity contribution in [2.75, 3.05) is 32.4 Å². The molecule has 1 atom stereocenters. The monoisotopic (exact) mass is 482 g/mol. The summed E-state index contributed by atoms with van der Waals surface area (Å²) in [6.45, 7) is 1.95. The summed E-state index contributed by atoms with van der Waals surface area (Å²) >= 11 is 3.05. The minimum atomic E-state index is -0.211. The van der Waals surface area contributed by atoms with Crippen LogP contribution in [0.2, 0.25) is 0 Å². The van der Waals surface area contributed by atoms with Crippen LogP contribution in [0.4, 0.5) is 5.82 Å². The number of methoxy groups -OCH3 is 3. The van der Waals surface area contributed by atoms with E-state index in [9.17, 15) is 4.79 Å². The number of rotatable bonds is 5. The third kappa shape index (κ3) is 3.68. The number of thiazole rings is 1. The van der Waals surface area contributed by atoms with Gasteiger partial charge in [0.25, 0.3) is 0 Å². The summed E-state index contributed by atoms with van der Waals surface area (Å²) in [4.78, 5) is 17.4. The van der Waals surface area contributed by atoms with Gasteiger partial charge in [0.2, 0.25) is 11.0 Å². The summed E-state index contributed by atoms with van der Waals surface area (Å²) in [7, 11) is 4.80. The average Bonchev–Trinajstić information content (AvgIpc) is 3.34. The van der Waals surface area contributed by atoms with Gasteiger partial charge in [0.1, 0.15) is 11.6 Å². The van der Waals surface area contributed by atoms with Crippen LogP contribution in [0.25, 0.3) is 15.3 Å². The topological polar surface area (TPSA) is 87.5 Å². The van der Waals surface area contributed by atoms with E-state index in [1.807, 2.05) is 43.3 Å². The van der Waals surface area contributed by atoms with Crippen molar-refractivity contribution >= 4 is 45.0 Å². The SMILES string of the molecule is COc1cc(OC)c(C2SCC(=O)Nc3c2c(C)nn3-c2nc3ccccc3s2)cc1OC. The van der Waals surface area contributed by atoms with E-state index < -0.39 is 0 Å². The molecule has 1 N–H and O–H groups in total. The van der Waals surface area contributed by atoms with Crippen LogP contribution in [-0.4, -0.2) is 47.8 Å². The summed E-state index contributed by atoms with van der Waals surface area (Å²) in [5.41, 5.74) is 3.49. The van der Waals surface area contributed by atoms with Crippen LogP contribution in [0.3, 0.4) is 0 Å². The second kappa shape index (κ2) is 8.60. The van der Waals surface area contributed by atoms with Crippen molar-refractivity contribution in [3.8, 4) is 22.4 Å². The molecular formula is C23H22N4O4S2. The number of aryl methyl sites for hydroxylation is 1. The fourth-order valence-corrected chi connectivity index (χ4v) is 6.10. The molecule has 1 aliphatic rings. The quantitative estimate of drug-likeness (QED) is 0.445. The number of benzene rings is 2. The van der Waals surface area contributed by atoms with Crippen LogP contribution < -0.4 is 19.5 Å². The van der Waals surface area contributed by atoms with Crippen molar-refractivity contribution in [2.24, 2.45) is 0 Å². The smallest absolute Gasteiger partial charge is 0.235 e. The molecule has 2 aromatic heterocycles. The number of carbonyl (C=O) groups excluding carboxylic acids is 1. The van der Waals surface area contributed by atoms with Crippen LogP contribution in [0.1, 0.15) is 22.1 Å². The number of anilines is 1. The largest absolute Gasteiger partial charge is 0.496 e. The molecule has 0 saturated heterocycles. The van der Waals surface area contributed by atoms with Gasteiger partial charge in [-0.25, -0.2) is 4.98 Å². The van der Waals surface area contributed by atoms with E-state index >= 15 is 0 Å². The maximum atomic E-state index is 12.7. The molecule has 0 bridgehead atoms. The molecule has 0 aliphatic carbocycles. The Labute approximate surface area is 198 Å². The summed E-state index contributed by atoms with van der Waals surface area (Å²) in [6, 6.07) is 11.6. The van der Waals surface area contributed by atoms with E-state index in [4.69, 9.17) is 24.3 Å². The standard InChI is InChI=1S/C23H22N4O4S2/c1-12-20-21(13-9-16(30-3)17(31-4)10-15(13)29-2)32-11-19(28)25-22(20)27(26-12)23-24-14-7-5-6-8-18(14)33-23/h5-10,21H,11H2,1-4H3,(H,25,28). The maximum Gasteiger partial charge on any atom is 0.235 e. The number of aromatic nitrogens is 3. The average molecular weight is 483 g/mol. The molecule has 10 heteroatoms. The number of hydrogen-bond donors (Lipinski definition) is 1. The fraction of sp³-hybridized carbons (Fsp3) is 0.261. The second-order valence-corrected chi connectivity index (χ2v) is 9.51. The van der Waals surface area contributed by atoms with Crippen molar-refractivity contribution in [3.05, 3.63) is 53.2 Å². The second-order valence-electron chi connectivity index (χ2n) is 7.41. The van der Waals surface area contributed by atoms with Crippen molar-refractivity contribution in [1.82, 2.24) is 14.8 Å². The van der Waals surface area contributed by atoms with Gasteiger partial charge in [-0.2, -0.15) is 9.78 Å². The zero-order valence-corrected chi connectivity index (χ0v) is 20.2. The lowest BCUT2D eigenvalue weighted by Crippen LogP contribution is -2.15. The Morgan fingerprint density at radius 2 is 1.79 bits per heavy atom. The normalized spacial score (nSPS) is 15.6. The summed E-state index contributed by atoms with van der Waals surface area (Å²) < 4.78 is 19.5. The lowest BCUT2D eigenvalue weighted by atomic mass is 10.0. The van der Waals surface area contributed by atoms with Gasteiger partial charge in [0, 0.05) is 17.2 Å². The van der Waals surface area contributed by atoms with Crippen LogP contribution in [0, 0.1) is 6.92 Å². The van der Waals surface area contributed by atoms with Crippen LogP contribution >= 0.6 is 23.1 Å². The lowest BCUT2D eigenvalue weighted by molar-refractivity contribution is -0.113. The number of amides is 1. The number of thioether (sulfide) groups is 1. The van der Waals surface area contributed by atoms with Gasteiger partial charge >= 0.3 is 0 Å². The zero-order chi connectivity index (χ0) is 23.1. The van der Waals surface area contributed by atoms with Gasteiger partial charge in [-0.05, 0) is 25.1 Å². The number of nitrogens with zero attached hydrogens (tertiary/aromatic N) is 3. The minimum Gasteiger partial charge on any atom is -0.496 e. The molecule has 3 heterocycles. The number of carbonyl (C=O) groups is 1. The van der Waals surface area contributed by atoms with E-state index in [2.05, 4.69) is 5.32 Å². The number of hydrogen-bond acceptors (Lipinski definition) is 8. The van der Waals surface area contributed by atoms with E-state index in [0.717, 1.165) is 27.0 Å². The highest BCUT2D eigenvalue weighted by Crippen LogP contribution is 2.49. The summed E-state index contributed by atoms with van der Waals surface area (Å²) in [5, 5.41) is 8.32. The van der Waals surface area contributed by atoms with Gasteiger partial charge < -0.3 is 19.5 Å². The van der Waals surface area contributed by atoms with Crippen LogP contribution in [-0.2, 0) is 4.79 Å². The van der Waals surface area contributed by atoms with Crippen LogP contribution in [0.5, 0.6) is 17.2 Å². The predicted octanol–water partition coefficient (Wildman–Crippen LogP) is 4.59. The minimum absolute atomic E-state index is 0.0922. The first-order valence-electron chi connectivity index (χ1n) is 10.2. The molecule has 170 valence electrons. The molecule has 0 fully saturated rings. The molecule has 1 aliphatic heterocycles. The van der Waals surface area contributed by atoms with Crippen molar-refractivity contribution in [2.45, 2.75) is 12.2 Å². The molecule has 1 unspecified atom stereocenters. The molecule has 4 aromatic rings. The maximum absolute atomic E-state index is 12.7. The molecule has 1 amide bonds. The highest BCUT2D eigenvalue weighted by Gasteiger charge is 2.33. The van der Waals surface area contributed by atoms with Crippen molar-refractivity contribution < 1.29 is 19.0 Å². The van der Waals surface area contributed by atoms with E-state index in [-0.39, 0.29) is 16.9 Å². The molecule has 33 heavy (non-hydrogen) atoms. The predicted molar refractivity (Wildman–Crippen MR) is 131 cm³/mol. The molecule has 0 spiro atoms. The molecule has 0 radical (unpaired) electrons. The lowest BCUT2D eigenvalue weighted by Gasteiger charge is -2.20. The molecular weight excluding hydrogens is 460 g/mol. The Bertz CT molecular complexity index is 1330. The third-order valence-electron chi connectivity index (χ3n) is 5.49. The highest BCUT2D eigenvalue weighted by molar-refractivity contribution is 8.00. The summed E-state index contributed by atoms with van der Waals surface area (Å²) in [5.74, 6) is 2.64. The van der Waals surface area contributed by atoms with Crippen molar-refractivity contribution in [3.63, 3.8) is 0 Å². The zero-order valence-electron chi connectivity index (χ0n) is 18.5. The van der Waals surface area contributed by atoms with Gasteiger partial charge in [0.05, 0.1) is 48.2 Å². The Hall–Kier alpha value is -3.24. The third-order valence-corrected chi connectivity index (χ3v) is 7.75. The summed E-state index contributed by atoms with van der Waals surface area (Å²) in [6.07, 6.45) is 0. The Morgan fingerprint density at radius 1 is 1.06 bits per heavy atom. The number of fused-ring (bicyclic) bond motifs is 2. The van der Waals surface area contributed by atoms with E-state index in [1.165, 1.54) is 23.1 Å². The fourth-order valence-electron chi connectivity index (χ4n) is 3.98. The Kier molecular flexibility index (Phi) is 5.63. The van der Waals surface area contributed by atoms with Gasteiger partial charge in [-0.15, -0.1) is 11.8 Å². The molecule has 2 aromatic carbocycles. The molecule has 8 nitrogen and oxygen atoms in total. The van der Waals surface area contributed by atoms with Crippen LogP contribution in [0.15, 0.2) is 36.4 Å². The molecule has 0 saturated carbocycles. The first-order valence-corrected chi connectivity index (χ1v) is 12.1. The Morgan fingerprint density at radius 3 is 2.52 bits per heavy atom. The molecule has 5 rings (SSSR count). The van der Waals surface area contributed by atoms with Gasteiger partial charge in [-0.1, -0.05) is 23.5 Å². The van der Waals surface area contributed by atoms with Gasteiger partial charge in [0.15, 0.2) is 11.5 Å². The first-order chi connectivity index (χ1) is 16.0. The number of para-hydroxylation sites is 1. The van der Waals surface area contributed by atoms with E-state index in [0.29, 0.717) is 28.2 Å². The van der Waals surface area contributed by atoms with E-state index in [1.54, 1.807) is 26.0 Å². The Balaban J connectivity index is 1.70. The van der Waals surface area contributed by atoms with Gasteiger partial charge in [-0.3, -0.25) is 4.79 Å². The highest BCUT2D eigenvalue weighted by atomic mass is 32.2.